The first-order valence-electron chi connectivity index (χ1n) is 5.69. The highest BCUT2D eigenvalue weighted by Gasteiger charge is 2.04. The second-order valence-electron chi connectivity index (χ2n) is 3.88. The van der Waals surface area contributed by atoms with Crippen molar-refractivity contribution in [2.24, 2.45) is 0 Å². The highest BCUT2D eigenvalue weighted by Crippen LogP contribution is 2.21. The lowest BCUT2D eigenvalue weighted by Crippen LogP contribution is -1.98. The SMILES string of the molecule is COc1ccc(COc2cc(CCl)c(Cl)cn2)cc1. The van der Waals surface area contributed by atoms with Crippen LogP contribution < -0.4 is 9.47 Å². The zero-order chi connectivity index (χ0) is 13.7. The Kier molecular flexibility index (Phi) is 4.88. The minimum Gasteiger partial charge on any atom is -0.497 e. The Morgan fingerprint density at radius 3 is 2.58 bits per heavy atom. The van der Waals surface area contributed by atoms with E-state index in [-0.39, 0.29) is 0 Å². The van der Waals surface area contributed by atoms with Crippen LogP contribution in [0.25, 0.3) is 0 Å². The Bertz CT molecular complexity index is 544. The molecule has 0 aliphatic carbocycles. The lowest BCUT2D eigenvalue weighted by atomic mass is 10.2. The van der Waals surface area contributed by atoms with Crippen molar-refractivity contribution >= 4 is 23.2 Å². The third-order valence-electron chi connectivity index (χ3n) is 2.60. The number of aromatic nitrogens is 1. The second kappa shape index (κ2) is 6.64. The van der Waals surface area contributed by atoms with Crippen molar-refractivity contribution in [1.29, 1.82) is 0 Å². The average molecular weight is 298 g/mol. The fourth-order valence-electron chi connectivity index (χ4n) is 1.52. The Balaban J connectivity index is 2.01. The van der Waals surface area contributed by atoms with Gasteiger partial charge in [0.2, 0.25) is 5.88 Å². The first kappa shape index (κ1) is 14.0. The van der Waals surface area contributed by atoms with Gasteiger partial charge in [0.15, 0.2) is 0 Å². The van der Waals surface area contributed by atoms with Gasteiger partial charge in [0.05, 0.1) is 12.1 Å². The molecule has 1 aromatic carbocycles. The molecule has 0 saturated heterocycles. The van der Waals surface area contributed by atoms with Gasteiger partial charge < -0.3 is 9.47 Å². The number of rotatable bonds is 5. The van der Waals surface area contributed by atoms with Crippen LogP contribution in [0.4, 0.5) is 0 Å². The van der Waals surface area contributed by atoms with E-state index in [1.54, 1.807) is 19.4 Å². The number of ether oxygens (including phenoxy) is 2. The van der Waals surface area contributed by atoms with E-state index in [0.29, 0.717) is 23.4 Å². The van der Waals surface area contributed by atoms with Gasteiger partial charge in [-0.1, -0.05) is 23.7 Å². The molecule has 0 saturated carbocycles. The molecule has 2 rings (SSSR count). The number of methoxy groups -OCH3 is 1. The van der Waals surface area contributed by atoms with Crippen LogP contribution in [0, 0.1) is 0 Å². The molecule has 0 amide bonds. The van der Waals surface area contributed by atoms with Crippen LogP contribution in [-0.4, -0.2) is 12.1 Å². The highest BCUT2D eigenvalue weighted by molar-refractivity contribution is 6.32. The summed E-state index contributed by atoms with van der Waals surface area (Å²) >= 11 is 11.7. The standard InChI is InChI=1S/C14H13Cl2NO2/c1-18-12-4-2-10(3-5-12)9-19-14-6-11(7-15)13(16)8-17-14/h2-6,8H,7,9H2,1H3. The van der Waals surface area contributed by atoms with Crippen LogP contribution in [0.5, 0.6) is 11.6 Å². The molecule has 0 fully saturated rings. The van der Waals surface area contributed by atoms with E-state index in [0.717, 1.165) is 16.9 Å². The largest absolute Gasteiger partial charge is 0.497 e. The van der Waals surface area contributed by atoms with Crippen molar-refractivity contribution in [3.8, 4) is 11.6 Å². The minimum atomic E-state index is 0.334. The predicted octanol–water partition coefficient (Wildman–Crippen LogP) is 4.06. The number of hydrogen-bond donors (Lipinski definition) is 0. The van der Waals surface area contributed by atoms with Crippen LogP contribution in [0.1, 0.15) is 11.1 Å². The van der Waals surface area contributed by atoms with E-state index in [9.17, 15) is 0 Å². The maximum absolute atomic E-state index is 5.93. The number of alkyl halides is 1. The minimum absolute atomic E-state index is 0.334. The molecule has 0 aliphatic rings. The molecule has 5 heteroatoms. The summed E-state index contributed by atoms with van der Waals surface area (Å²) in [5, 5.41) is 0.548. The molecule has 0 unspecified atom stereocenters. The topological polar surface area (TPSA) is 31.4 Å². The van der Waals surface area contributed by atoms with E-state index in [2.05, 4.69) is 4.98 Å². The van der Waals surface area contributed by atoms with Gasteiger partial charge >= 0.3 is 0 Å². The highest BCUT2D eigenvalue weighted by atomic mass is 35.5. The Hall–Kier alpha value is -1.45. The molecule has 1 aromatic heterocycles. The van der Waals surface area contributed by atoms with Crippen LogP contribution >= 0.6 is 23.2 Å². The molecule has 0 N–H and O–H groups in total. The molecule has 0 spiro atoms. The summed E-state index contributed by atoms with van der Waals surface area (Å²) in [6, 6.07) is 9.41. The summed E-state index contributed by atoms with van der Waals surface area (Å²) in [6.07, 6.45) is 1.54. The molecule has 0 atom stereocenters. The van der Waals surface area contributed by atoms with Crippen LogP contribution in [0.2, 0.25) is 5.02 Å². The third-order valence-corrected chi connectivity index (χ3v) is 3.23. The van der Waals surface area contributed by atoms with Crippen LogP contribution in [0.15, 0.2) is 36.5 Å². The summed E-state index contributed by atoms with van der Waals surface area (Å²) in [5.41, 5.74) is 1.84. The van der Waals surface area contributed by atoms with Gasteiger partial charge in [0.1, 0.15) is 12.4 Å². The van der Waals surface area contributed by atoms with E-state index in [1.165, 1.54) is 0 Å². The zero-order valence-electron chi connectivity index (χ0n) is 10.4. The summed E-state index contributed by atoms with van der Waals surface area (Å²) < 4.78 is 10.7. The molecular weight excluding hydrogens is 285 g/mol. The van der Waals surface area contributed by atoms with Crippen LogP contribution in [-0.2, 0) is 12.5 Å². The predicted molar refractivity (Wildman–Crippen MR) is 76.1 cm³/mol. The van der Waals surface area contributed by atoms with Crippen molar-refractivity contribution in [3.63, 3.8) is 0 Å². The van der Waals surface area contributed by atoms with Gasteiger partial charge in [-0.15, -0.1) is 11.6 Å². The lowest BCUT2D eigenvalue weighted by Gasteiger charge is -2.08. The van der Waals surface area contributed by atoms with Gasteiger partial charge in [-0.25, -0.2) is 4.98 Å². The quantitative estimate of drug-likeness (QED) is 0.780. The van der Waals surface area contributed by atoms with Crippen molar-refractivity contribution in [2.75, 3.05) is 7.11 Å². The number of hydrogen-bond acceptors (Lipinski definition) is 3. The van der Waals surface area contributed by atoms with Gasteiger partial charge in [0, 0.05) is 18.1 Å². The van der Waals surface area contributed by atoms with E-state index < -0.39 is 0 Å². The smallest absolute Gasteiger partial charge is 0.213 e. The zero-order valence-corrected chi connectivity index (χ0v) is 11.9. The Morgan fingerprint density at radius 2 is 1.95 bits per heavy atom. The van der Waals surface area contributed by atoms with Crippen molar-refractivity contribution in [3.05, 3.63) is 52.7 Å². The number of halogens is 2. The fourth-order valence-corrected chi connectivity index (χ4v) is 1.98. The average Bonchev–Trinajstić information content (AvgIpc) is 2.47. The molecule has 0 radical (unpaired) electrons. The van der Waals surface area contributed by atoms with E-state index in [4.69, 9.17) is 32.7 Å². The number of benzene rings is 1. The summed E-state index contributed by atoms with van der Waals surface area (Å²) in [6.45, 7) is 0.431. The van der Waals surface area contributed by atoms with Gasteiger partial charge in [-0.05, 0) is 23.3 Å². The van der Waals surface area contributed by atoms with Crippen molar-refractivity contribution in [1.82, 2.24) is 4.98 Å². The molecular formula is C14H13Cl2NO2. The van der Waals surface area contributed by atoms with Crippen molar-refractivity contribution in [2.45, 2.75) is 12.5 Å². The Labute approximate surface area is 122 Å². The summed E-state index contributed by atoms with van der Waals surface area (Å²) in [4.78, 5) is 4.10. The fraction of sp³-hybridized carbons (Fsp3) is 0.214. The summed E-state index contributed by atoms with van der Waals surface area (Å²) in [7, 11) is 1.64. The van der Waals surface area contributed by atoms with Gasteiger partial charge in [-0.2, -0.15) is 0 Å². The lowest BCUT2D eigenvalue weighted by molar-refractivity contribution is 0.293. The number of nitrogens with zero attached hydrogens (tertiary/aromatic N) is 1. The maximum Gasteiger partial charge on any atom is 0.213 e. The van der Waals surface area contributed by atoms with E-state index >= 15 is 0 Å². The van der Waals surface area contributed by atoms with E-state index in [1.807, 2.05) is 24.3 Å². The normalized spacial score (nSPS) is 10.3. The van der Waals surface area contributed by atoms with Crippen LogP contribution in [0.3, 0.4) is 0 Å². The van der Waals surface area contributed by atoms with Gasteiger partial charge in [0.25, 0.3) is 0 Å². The molecule has 2 aromatic rings. The summed E-state index contributed by atoms with van der Waals surface area (Å²) in [5.74, 6) is 1.66. The second-order valence-corrected chi connectivity index (χ2v) is 4.56. The molecule has 100 valence electrons. The van der Waals surface area contributed by atoms with Gasteiger partial charge in [-0.3, -0.25) is 0 Å². The monoisotopic (exact) mass is 297 g/mol. The third kappa shape index (κ3) is 3.75. The first-order chi connectivity index (χ1) is 9.22. The molecule has 1 heterocycles. The molecule has 0 bridgehead atoms. The molecule has 19 heavy (non-hydrogen) atoms. The first-order valence-corrected chi connectivity index (χ1v) is 6.60. The maximum atomic E-state index is 5.93. The number of pyridine rings is 1. The molecule has 3 nitrogen and oxygen atoms in total. The molecule has 0 aliphatic heterocycles. The van der Waals surface area contributed by atoms with Crippen molar-refractivity contribution < 1.29 is 9.47 Å². The Morgan fingerprint density at radius 1 is 1.21 bits per heavy atom.